The van der Waals surface area contributed by atoms with Gasteiger partial charge < -0.3 is 9.32 Å². The van der Waals surface area contributed by atoms with Gasteiger partial charge in [-0.3, -0.25) is 0 Å². The summed E-state index contributed by atoms with van der Waals surface area (Å²) in [4.78, 5) is 7.18. The quantitative estimate of drug-likeness (QED) is 0.152. The first-order valence-corrected chi connectivity index (χ1v) is 19.7. The molecular weight excluding hydrogens is 705 g/mol. The SMILES string of the molecule is c1ccc(-c2cccc(N(c3ccc(-c4cc5ccccc5c5ccccc45)cc3)c3ccc(-c4cccc5c4ccc4nc(-c6ccccc6)oc45)cc3)c2)cc1. The number of hydrogen-bond donors (Lipinski definition) is 0. The largest absolute Gasteiger partial charge is 0.435 e. The Morgan fingerprint density at radius 1 is 0.328 bits per heavy atom. The standard InChI is InChI=1S/C55H36N2O/c1-3-13-37(14-4-1)41-18-11-19-45(35-41)57(44-31-27-39(28-32-44)52-36-42-17-7-8-20-47(42)48-21-9-10-22-49(48)52)43-29-25-38(26-30-43)46-23-12-24-51-50(46)33-34-53-54(51)58-55(56-53)40-15-5-2-6-16-40/h1-36H. The number of aromatic nitrogens is 1. The van der Waals surface area contributed by atoms with E-state index in [1.54, 1.807) is 0 Å². The third kappa shape index (κ3) is 5.89. The predicted molar refractivity (Wildman–Crippen MR) is 243 cm³/mol. The maximum absolute atomic E-state index is 6.41. The van der Waals surface area contributed by atoms with Crippen molar-refractivity contribution in [2.45, 2.75) is 0 Å². The van der Waals surface area contributed by atoms with Crippen LogP contribution in [0.3, 0.4) is 0 Å². The normalized spacial score (nSPS) is 11.4. The van der Waals surface area contributed by atoms with Gasteiger partial charge in [0.1, 0.15) is 5.52 Å². The maximum Gasteiger partial charge on any atom is 0.227 e. The number of nitrogens with zero attached hydrogens (tertiary/aromatic N) is 2. The third-order valence-electron chi connectivity index (χ3n) is 11.3. The van der Waals surface area contributed by atoms with E-state index in [1.165, 1.54) is 43.8 Å². The number of oxazole rings is 1. The maximum atomic E-state index is 6.41. The van der Waals surface area contributed by atoms with Gasteiger partial charge in [-0.25, -0.2) is 4.98 Å². The molecule has 1 aromatic heterocycles. The van der Waals surface area contributed by atoms with Gasteiger partial charge >= 0.3 is 0 Å². The van der Waals surface area contributed by atoms with Crippen LogP contribution in [0.15, 0.2) is 223 Å². The Kier molecular flexibility index (Phi) is 8.15. The first-order chi connectivity index (χ1) is 28.7. The first-order valence-electron chi connectivity index (χ1n) is 19.7. The minimum absolute atomic E-state index is 0.632. The van der Waals surface area contributed by atoms with Gasteiger partial charge in [-0.15, -0.1) is 0 Å². The second kappa shape index (κ2) is 14.1. The molecule has 3 nitrogen and oxygen atoms in total. The zero-order valence-electron chi connectivity index (χ0n) is 31.6. The lowest BCUT2D eigenvalue weighted by Crippen LogP contribution is -2.10. The summed E-state index contributed by atoms with van der Waals surface area (Å²) in [5.74, 6) is 0.632. The fourth-order valence-corrected chi connectivity index (χ4v) is 8.47. The lowest BCUT2D eigenvalue weighted by molar-refractivity contribution is 0.623. The van der Waals surface area contributed by atoms with E-state index in [2.05, 4.69) is 193 Å². The zero-order chi connectivity index (χ0) is 38.4. The van der Waals surface area contributed by atoms with Gasteiger partial charge in [0.15, 0.2) is 5.58 Å². The van der Waals surface area contributed by atoms with Crippen LogP contribution < -0.4 is 4.90 Å². The lowest BCUT2D eigenvalue weighted by Gasteiger charge is -2.26. The molecule has 0 aliphatic rings. The molecule has 0 atom stereocenters. The van der Waals surface area contributed by atoms with Crippen LogP contribution in [0.4, 0.5) is 17.1 Å². The Morgan fingerprint density at radius 3 is 1.64 bits per heavy atom. The highest BCUT2D eigenvalue weighted by atomic mass is 16.3. The van der Waals surface area contributed by atoms with Crippen LogP contribution in [0.5, 0.6) is 0 Å². The fourth-order valence-electron chi connectivity index (χ4n) is 8.47. The fraction of sp³-hybridized carbons (Fsp3) is 0. The van der Waals surface area contributed by atoms with Crippen molar-refractivity contribution in [3.8, 4) is 44.8 Å². The van der Waals surface area contributed by atoms with Crippen LogP contribution in [0.25, 0.3) is 88.3 Å². The summed E-state index contributed by atoms with van der Waals surface area (Å²) >= 11 is 0. The molecule has 11 rings (SSSR count). The molecule has 0 aliphatic heterocycles. The molecule has 0 unspecified atom stereocenters. The Balaban J connectivity index is 1.00. The molecule has 1 heterocycles. The second-order valence-corrected chi connectivity index (χ2v) is 14.7. The molecule has 0 saturated carbocycles. The van der Waals surface area contributed by atoms with Crippen molar-refractivity contribution >= 4 is 60.5 Å². The van der Waals surface area contributed by atoms with Crippen LogP contribution >= 0.6 is 0 Å². The lowest BCUT2D eigenvalue weighted by atomic mass is 9.93. The van der Waals surface area contributed by atoms with E-state index in [-0.39, 0.29) is 0 Å². The summed E-state index contributed by atoms with van der Waals surface area (Å²) < 4.78 is 6.41. The van der Waals surface area contributed by atoms with Crippen molar-refractivity contribution in [2.75, 3.05) is 4.90 Å². The highest BCUT2D eigenvalue weighted by Crippen LogP contribution is 2.41. The monoisotopic (exact) mass is 740 g/mol. The molecule has 0 amide bonds. The molecule has 0 N–H and O–H groups in total. The van der Waals surface area contributed by atoms with Gasteiger partial charge in [0.05, 0.1) is 0 Å². The van der Waals surface area contributed by atoms with Gasteiger partial charge in [0.25, 0.3) is 0 Å². The summed E-state index contributed by atoms with van der Waals surface area (Å²) in [6.45, 7) is 0. The Bertz CT molecular complexity index is 3260. The minimum Gasteiger partial charge on any atom is -0.435 e. The topological polar surface area (TPSA) is 29.3 Å². The molecule has 3 heteroatoms. The van der Waals surface area contributed by atoms with E-state index < -0.39 is 0 Å². The van der Waals surface area contributed by atoms with Crippen molar-refractivity contribution in [1.82, 2.24) is 4.98 Å². The van der Waals surface area contributed by atoms with Gasteiger partial charge in [-0.2, -0.15) is 0 Å². The van der Waals surface area contributed by atoms with Gasteiger partial charge in [-0.1, -0.05) is 158 Å². The van der Waals surface area contributed by atoms with Crippen molar-refractivity contribution < 1.29 is 4.42 Å². The van der Waals surface area contributed by atoms with Crippen LogP contribution in [0.1, 0.15) is 0 Å². The number of hydrogen-bond acceptors (Lipinski definition) is 3. The van der Waals surface area contributed by atoms with Gasteiger partial charge in [-0.05, 0) is 121 Å². The molecule has 10 aromatic carbocycles. The van der Waals surface area contributed by atoms with E-state index in [9.17, 15) is 0 Å². The molecule has 0 saturated heterocycles. The number of anilines is 3. The highest BCUT2D eigenvalue weighted by molar-refractivity contribution is 6.14. The molecule has 0 fully saturated rings. The average Bonchev–Trinajstić information content (AvgIpc) is 3.75. The Morgan fingerprint density at radius 2 is 0.897 bits per heavy atom. The number of fused-ring (bicyclic) bond motifs is 6. The summed E-state index contributed by atoms with van der Waals surface area (Å²) in [5.41, 5.74) is 12.9. The van der Waals surface area contributed by atoms with E-state index in [4.69, 9.17) is 9.40 Å². The molecular formula is C55H36N2O. The molecule has 58 heavy (non-hydrogen) atoms. The molecule has 0 radical (unpaired) electrons. The number of benzene rings is 10. The Labute approximate surface area is 336 Å². The highest BCUT2D eigenvalue weighted by Gasteiger charge is 2.17. The second-order valence-electron chi connectivity index (χ2n) is 14.7. The molecule has 0 spiro atoms. The van der Waals surface area contributed by atoms with Crippen LogP contribution in [-0.2, 0) is 0 Å². The summed E-state index contributed by atoms with van der Waals surface area (Å²) in [5, 5.41) is 7.22. The van der Waals surface area contributed by atoms with E-state index in [0.717, 1.165) is 55.6 Å². The van der Waals surface area contributed by atoms with Crippen molar-refractivity contribution in [1.29, 1.82) is 0 Å². The van der Waals surface area contributed by atoms with Crippen LogP contribution in [-0.4, -0.2) is 4.98 Å². The number of rotatable bonds is 7. The predicted octanol–water partition coefficient (Wildman–Crippen LogP) is 15.4. The molecule has 0 bridgehead atoms. The zero-order valence-corrected chi connectivity index (χ0v) is 31.6. The van der Waals surface area contributed by atoms with Crippen LogP contribution in [0.2, 0.25) is 0 Å². The van der Waals surface area contributed by atoms with Crippen molar-refractivity contribution in [3.63, 3.8) is 0 Å². The van der Waals surface area contributed by atoms with E-state index in [1.807, 2.05) is 30.3 Å². The third-order valence-corrected chi connectivity index (χ3v) is 11.3. The van der Waals surface area contributed by atoms with Gasteiger partial charge in [0, 0.05) is 28.0 Å². The summed E-state index contributed by atoms with van der Waals surface area (Å²) in [6, 6.07) is 77.8. The van der Waals surface area contributed by atoms with E-state index in [0.29, 0.717) is 5.89 Å². The van der Waals surface area contributed by atoms with Gasteiger partial charge in [0.2, 0.25) is 5.89 Å². The first kappa shape index (κ1) is 33.6. The minimum atomic E-state index is 0.632. The van der Waals surface area contributed by atoms with Crippen molar-refractivity contribution in [2.24, 2.45) is 0 Å². The molecule has 0 aliphatic carbocycles. The Hall–Kier alpha value is -7.75. The summed E-state index contributed by atoms with van der Waals surface area (Å²) in [6.07, 6.45) is 0. The molecule has 272 valence electrons. The van der Waals surface area contributed by atoms with E-state index >= 15 is 0 Å². The smallest absolute Gasteiger partial charge is 0.227 e. The summed E-state index contributed by atoms with van der Waals surface area (Å²) in [7, 11) is 0. The average molecular weight is 741 g/mol. The van der Waals surface area contributed by atoms with Crippen molar-refractivity contribution in [3.05, 3.63) is 218 Å². The molecule has 11 aromatic rings. The van der Waals surface area contributed by atoms with Crippen LogP contribution in [0, 0.1) is 0 Å².